The molecule has 180 valence electrons. The highest BCUT2D eigenvalue weighted by Gasteiger charge is 2.29. The molecule has 0 saturated carbocycles. The lowest BCUT2D eigenvalue weighted by Gasteiger charge is -2.23. The van der Waals surface area contributed by atoms with Crippen molar-refractivity contribution in [2.75, 3.05) is 18.4 Å². The summed E-state index contributed by atoms with van der Waals surface area (Å²) in [5, 5.41) is 14.1. The van der Waals surface area contributed by atoms with E-state index in [0.29, 0.717) is 28.4 Å². The van der Waals surface area contributed by atoms with Gasteiger partial charge in [0, 0.05) is 28.2 Å². The molecule has 3 heterocycles. The summed E-state index contributed by atoms with van der Waals surface area (Å²) in [5.41, 5.74) is 1.45. The number of hydrogen-bond donors (Lipinski definition) is 2. The molecule has 1 amide bonds. The summed E-state index contributed by atoms with van der Waals surface area (Å²) in [7, 11) is 0. The van der Waals surface area contributed by atoms with E-state index in [9.17, 15) is 19.1 Å². The second kappa shape index (κ2) is 10.2. The highest BCUT2D eigenvalue weighted by molar-refractivity contribution is 7.21. The van der Waals surface area contributed by atoms with Crippen molar-refractivity contribution in [1.29, 1.82) is 0 Å². The van der Waals surface area contributed by atoms with E-state index in [1.807, 2.05) is 24.3 Å². The number of thiazole rings is 1. The van der Waals surface area contributed by atoms with Crippen LogP contribution in [-0.2, 0) is 17.6 Å². The number of carbonyl (C=O) groups excluding carboxylic acids is 1. The van der Waals surface area contributed by atoms with E-state index in [-0.39, 0.29) is 24.3 Å². The lowest BCUT2D eigenvalue weighted by atomic mass is 10.0. The van der Waals surface area contributed by atoms with E-state index in [4.69, 9.17) is 0 Å². The first-order chi connectivity index (χ1) is 17.0. The molecule has 35 heavy (non-hydrogen) atoms. The number of hydrogen-bond acceptors (Lipinski definition) is 6. The first kappa shape index (κ1) is 23.6. The molecule has 6 nitrogen and oxygen atoms in total. The highest BCUT2D eigenvalue weighted by atomic mass is 32.1. The molecule has 0 radical (unpaired) electrons. The monoisotopic (exact) mass is 509 g/mol. The van der Waals surface area contributed by atoms with Gasteiger partial charge in [0.25, 0.3) is 0 Å². The molecule has 1 fully saturated rings. The maximum atomic E-state index is 13.9. The number of nitrogens with zero attached hydrogens (tertiary/aromatic N) is 2. The van der Waals surface area contributed by atoms with Crippen molar-refractivity contribution < 1.29 is 19.1 Å². The lowest BCUT2D eigenvalue weighted by Crippen LogP contribution is -2.38. The van der Waals surface area contributed by atoms with Crippen molar-refractivity contribution in [3.63, 3.8) is 0 Å². The first-order valence-corrected chi connectivity index (χ1v) is 13.1. The fourth-order valence-electron chi connectivity index (χ4n) is 4.66. The number of nitrogens with one attached hydrogen (secondary N) is 1. The summed E-state index contributed by atoms with van der Waals surface area (Å²) in [6.07, 6.45) is 4.57. The second-order valence-electron chi connectivity index (χ2n) is 8.63. The van der Waals surface area contributed by atoms with Crippen LogP contribution in [0.15, 0.2) is 54.7 Å². The number of likely N-dealkylation sites (tertiary alicyclic amines) is 1. The minimum atomic E-state index is -0.904. The Morgan fingerprint density at radius 2 is 1.94 bits per heavy atom. The highest BCUT2D eigenvalue weighted by Crippen LogP contribution is 2.34. The zero-order valence-electron chi connectivity index (χ0n) is 18.9. The van der Waals surface area contributed by atoms with Gasteiger partial charge in [-0.3, -0.25) is 9.69 Å². The van der Waals surface area contributed by atoms with Gasteiger partial charge >= 0.3 is 5.97 Å². The Morgan fingerprint density at radius 1 is 1.14 bits per heavy atom. The summed E-state index contributed by atoms with van der Waals surface area (Å²) >= 11 is 2.65. The summed E-state index contributed by atoms with van der Waals surface area (Å²) in [4.78, 5) is 32.3. The molecule has 4 aromatic rings. The zero-order valence-corrected chi connectivity index (χ0v) is 20.5. The number of carboxylic acid groups (broad SMARTS) is 1. The molecule has 1 atom stereocenters. The Hall–Kier alpha value is -3.14. The van der Waals surface area contributed by atoms with Crippen LogP contribution in [0.4, 0.5) is 9.52 Å². The van der Waals surface area contributed by atoms with Crippen LogP contribution >= 0.6 is 22.7 Å². The third-order valence-corrected chi connectivity index (χ3v) is 8.41. The van der Waals surface area contributed by atoms with Gasteiger partial charge < -0.3 is 10.4 Å². The molecule has 2 N–H and O–H groups in total. The molecule has 0 aliphatic carbocycles. The molecular weight excluding hydrogens is 485 g/mol. The van der Waals surface area contributed by atoms with Crippen molar-refractivity contribution in [1.82, 2.24) is 9.88 Å². The maximum absolute atomic E-state index is 13.9. The topological polar surface area (TPSA) is 82.5 Å². The molecule has 5 rings (SSSR count). The van der Waals surface area contributed by atoms with Crippen molar-refractivity contribution >= 4 is 49.8 Å². The number of carboxylic acids is 1. The molecule has 1 aliphatic rings. The van der Waals surface area contributed by atoms with Crippen LogP contribution in [-0.4, -0.2) is 46.0 Å². The summed E-state index contributed by atoms with van der Waals surface area (Å²) in [5.74, 6) is -1.31. The normalized spacial score (nSPS) is 16.1. The van der Waals surface area contributed by atoms with Crippen molar-refractivity contribution in [3.05, 3.63) is 81.4 Å². The molecular formula is C26H24FN3O3S2. The second-order valence-corrected chi connectivity index (χ2v) is 10.8. The van der Waals surface area contributed by atoms with Crippen LogP contribution < -0.4 is 5.32 Å². The van der Waals surface area contributed by atoms with E-state index in [0.717, 1.165) is 39.9 Å². The first-order valence-electron chi connectivity index (χ1n) is 11.4. The predicted octanol–water partition coefficient (Wildman–Crippen LogP) is 5.43. The largest absolute Gasteiger partial charge is 0.477 e. The van der Waals surface area contributed by atoms with Crippen LogP contribution in [0.3, 0.4) is 0 Å². The number of rotatable bonds is 8. The third kappa shape index (κ3) is 5.27. The molecule has 1 saturated heterocycles. The third-order valence-electron chi connectivity index (χ3n) is 6.30. The molecule has 2 aromatic carbocycles. The maximum Gasteiger partial charge on any atom is 0.346 e. The number of amides is 1. The van der Waals surface area contributed by atoms with Crippen LogP contribution in [0.25, 0.3) is 10.1 Å². The standard InChI is InChI=1S/C26H24FN3O3S2/c27-21-9-3-1-6-16(21)12-18-14-28-26(34-18)29-23(31)15-30-11-5-7-17(30)13-20-19-8-2-4-10-22(19)35-24(20)25(32)33/h1-4,6,8-10,14,17H,5,7,11-13,15H2,(H,32,33)(H,28,29,31). The fraction of sp³-hybridized carbons (Fsp3) is 0.269. The van der Waals surface area contributed by atoms with Crippen LogP contribution in [0.1, 0.15) is 38.5 Å². The van der Waals surface area contributed by atoms with E-state index in [2.05, 4.69) is 15.2 Å². The van der Waals surface area contributed by atoms with Gasteiger partial charge in [-0.25, -0.2) is 14.2 Å². The average Bonchev–Trinajstić information content (AvgIpc) is 3.55. The number of fused-ring (bicyclic) bond motifs is 1. The number of benzene rings is 2. The lowest BCUT2D eigenvalue weighted by molar-refractivity contribution is -0.117. The number of thiophene rings is 1. The Labute approximate surface area is 210 Å². The number of aromatic nitrogens is 1. The fourth-order valence-corrected chi connectivity index (χ4v) is 6.59. The number of carbonyl (C=O) groups is 2. The molecule has 0 spiro atoms. The zero-order chi connectivity index (χ0) is 24.4. The minimum Gasteiger partial charge on any atom is -0.477 e. The predicted molar refractivity (Wildman–Crippen MR) is 137 cm³/mol. The molecule has 2 aromatic heterocycles. The van der Waals surface area contributed by atoms with Gasteiger partial charge in [-0.05, 0) is 54.5 Å². The smallest absolute Gasteiger partial charge is 0.346 e. The van der Waals surface area contributed by atoms with Crippen LogP contribution in [0.2, 0.25) is 0 Å². The summed E-state index contributed by atoms with van der Waals surface area (Å²) < 4.78 is 14.9. The van der Waals surface area contributed by atoms with Crippen molar-refractivity contribution in [2.45, 2.75) is 31.7 Å². The minimum absolute atomic E-state index is 0.102. The van der Waals surface area contributed by atoms with Gasteiger partial charge in [0.15, 0.2) is 5.13 Å². The van der Waals surface area contributed by atoms with Gasteiger partial charge in [0.2, 0.25) is 5.91 Å². The Bertz CT molecular complexity index is 1380. The van der Waals surface area contributed by atoms with Gasteiger partial charge in [0.05, 0.1) is 6.54 Å². The molecule has 9 heteroatoms. The van der Waals surface area contributed by atoms with E-state index in [1.54, 1.807) is 24.4 Å². The Morgan fingerprint density at radius 3 is 2.77 bits per heavy atom. The van der Waals surface area contributed by atoms with Crippen LogP contribution in [0, 0.1) is 5.82 Å². The van der Waals surface area contributed by atoms with E-state index < -0.39 is 5.97 Å². The van der Waals surface area contributed by atoms with Gasteiger partial charge in [-0.2, -0.15) is 0 Å². The quantitative estimate of drug-likeness (QED) is 0.331. The van der Waals surface area contributed by atoms with Gasteiger partial charge in [0.1, 0.15) is 10.7 Å². The average molecular weight is 510 g/mol. The SMILES string of the molecule is O=C(CN1CCCC1Cc1c(C(=O)O)sc2ccccc12)Nc1ncc(Cc2ccccc2F)s1. The van der Waals surface area contributed by atoms with Gasteiger partial charge in [-0.1, -0.05) is 36.4 Å². The summed E-state index contributed by atoms with van der Waals surface area (Å²) in [6.45, 7) is 1.01. The number of anilines is 1. The number of aromatic carboxylic acids is 1. The number of halogens is 1. The molecule has 1 aliphatic heterocycles. The van der Waals surface area contributed by atoms with Crippen molar-refractivity contribution in [2.24, 2.45) is 0 Å². The van der Waals surface area contributed by atoms with Gasteiger partial charge in [-0.15, -0.1) is 22.7 Å². The van der Waals surface area contributed by atoms with Crippen molar-refractivity contribution in [3.8, 4) is 0 Å². The Balaban J connectivity index is 1.23. The van der Waals surface area contributed by atoms with E-state index >= 15 is 0 Å². The van der Waals surface area contributed by atoms with Crippen LogP contribution in [0.5, 0.6) is 0 Å². The molecule has 0 bridgehead atoms. The summed E-state index contributed by atoms with van der Waals surface area (Å²) in [6, 6.07) is 14.5. The Kier molecular flexibility index (Phi) is 6.90. The van der Waals surface area contributed by atoms with E-state index in [1.165, 1.54) is 28.7 Å². The molecule has 1 unspecified atom stereocenters.